The molecule has 0 fully saturated rings. The second kappa shape index (κ2) is 5.35. The van der Waals surface area contributed by atoms with Crippen LogP contribution in [0.3, 0.4) is 0 Å². The van der Waals surface area contributed by atoms with Gasteiger partial charge in [-0.25, -0.2) is 9.18 Å². The van der Waals surface area contributed by atoms with Crippen molar-refractivity contribution < 1.29 is 33.3 Å². The van der Waals surface area contributed by atoms with E-state index in [1.165, 1.54) is 14.2 Å². The second-order valence-corrected chi connectivity index (χ2v) is 3.14. The lowest BCUT2D eigenvalue weighted by Crippen LogP contribution is -2.16. The Morgan fingerprint density at radius 3 is 2.06 bits per heavy atom. The smallest absolute Gasteiger partial charge is 0.377 e. The molecule has 0 aliphatic rings. The number of ketones is 1. The summed E-state index contributed by atoms with van der Waals surface area (Å²) in [6, 6.07) is 0.941. The number of ether oxygens (including phenoxy) is 3. The molecule has 0 aliphatic heterocycles. The molecule has 0 saturated heterocycles. The summed E-state index contributed by atoms with van der Waals surface area (Å²) in [6.45, 7) is 0. The molecule has 0 radical (unpaired) electrons. The number of benzene rings is 1. The molecule has 18 heavy (non-hydrogen) atoms. The van der Waals surface area contributed by atoms with Crippen LogP contribution in [-0.2, 0) is 4.79 Å². The van der Waals surface area contributed by atoms with Crippen molar-refractivity contribution in [2.24, 2.45) is 0 Å². The maximum absolute atomic E-state index is 13.6. The van der Waals surface area contributed by atoms with E-state index in [0.717, 1.165) is 13.2 Å². The quantitative estimate of drug-likeness (QED) is 0.629. The largest absolute Gasteiger partial charge is 0.493 e. The van der Waals surface area contributed by atoms with Gasteiger partial charge < -0.3 is 19.3 Å². The van der Waals surface area contributed by atoms with Gasteiger partial charge in [-0.3, -0.25) is 4.79 Å². The van der Waals surface area contributed by atoms with Crippen LogP contribution in [0.25, 0.3) is 0 Å². The van der Waals surface area contributed by atoms with Crippen molar-refractivity contribution in [2.45, 2.75) is 0 Å². The number of carboxylic acids is 1. The lowest BCUT2D eigenvalue weighted by molar-refractivity contribution is -0.131. The Morgan fingerprint density at radius 1 is 1.11 bits per heavy atom. The van der Waals surface area contributed by atoms with E-state index in [-0.39, 0.29) is 11.5 Å². The zero-order valence-corrected chi connectivity index (χ0v) is 9.94. The summed E-state index contributed by atoms with van der Waals surface area (Å²) >= 11 is 0. The van der Waals surface area contributed by atoms with Crippen molar-refractivity contribution in [2.75, 3.05) is 21.3 Å². The SMILES string of the molecule is COc1cc(F)c(OC)c(C(=O)C(=O)O)c1OC. The molecule has 1 aromatic rings. The number of methoxy groups -OCH3 is 3. The van der Waals surface area contributed by atoms with Gasteiger partial charge in [-0.15, -0.1) is 0 Å². The Morgan fingerprint density at radius 2 is 1.67 bits per heavy atom. The van der Waals surface area contributed by atoms with Crippen molar-refractivity contribution >= 4 is 11.8 Å². The fraction of sp³-hybridized carbons (Fsp3) is 0.273. The van der Waals surface area contributed by atoms with E-state index in [2.05, 4.69) is 0 Å². The first-order valence-corrected chi connectivity index (χ1v) is 4.74. The number of rotatable bonds is 5. The van der Waals surface area contributed by atoms with Crippen molar-refractivity contribution in [1.29, 1.82) is 0 Å². The number of hydrogen-bond donors (Lipinski definition) is 1. The standard InChI is InChI=1S/C11H11FO6/c1-16-6-4-5(12)9(17-2)7(10(6)18-3)8(13)11(14)15/h4H,1-3H3,(H,14,15). The van der Waals surface area contributed by atoms with Crippen LogP contribution in [0, 0.1) is 5.82 Å². The van der Waals surface area contributed by atoms with Gasteiger partial charge in [-0.2, -0.15) is 0 Å². The van der Waals surface area contributed by atoms with Gasteiger partial charge in [0.25, 0.3) is 5.78 Å². The van der Waals surface area contributed by atoms with Gasteiger partial charge in [0.1, 0.15) is 5.56 Å². The van der Waals surface area contributed by atoms with Gasteiger partial charge in [-0.1, -0.05) is 0 Å². The first kappa shape index (κ1) is 13.8. The first-order valence-electron chi connectivity index (χ1n) is 4.74. The molecule has 1 N–H and O–H groups in total. The van der Waals surface area contributed by atoms with Gasteiger partial charge in [0.05, 0.1) is 21.3 Å². The molecule has 0 spiro atoms. The lowest BCUT2D eigenvalue weighted by Gasteiger charge is -2.14. The minimum Gasteiger partial charge on any atom is -0.493 e. The van der Waals surface area contributed by atoms with Crippen LogP contribution in [-0.4, -0.2) is 38.2 Å². The fourth-order valence-corrected chi connectivity index (χ4v) is 1.46. The van der Waals surface area contributed by atoms with Crippen molar-refractivity contribution in [3.63, 3.8) is 0 Å². The predicted molar refractivity (Wildman–Crippen MR) is 58.0 cm³/mol. The molecule has 1 aromatic carbocycles. The van der Waals surface area contributed by atoms with Crippen LogP contribution in [0.4, 0.5) is 4.39 Å². The summed E-state index contributed by atoms with van der Waals surface area (Å²) in [5, 5.41) is 8.71. The van der Waals surface area contributed by atoms with Crippen LogP contribution in [0.5, 0.6) is 17.2 Å². The molecule has 0 bridgehead atoms. The minimum atomic E-state index is -1.75. The van der Waals surface area contributed by atoms with E-state index in [0.29, 0.717) is 0 Å². The minimum absolute atomic E-state index is 0.0969. The first-order chi connectivity index (χ1) is 8.47. The van der Waals surface area contributed by atoms with Crippen molar-refractivity contribution in [3.8, 4) is 17.2 Å². The van der Waals surface area contributed by atoms with E-state index in [1.807, 2.05) is 0 Å². The maximum Gasteiger partial charge on any atom is 0.377 e. The Bertz CT molecular complexity index is 497. The summed E-state index contributed by atoms with van der Waals surface area (Å²) in [6.07, 6.45) is 0. The highest BCUT2D eigenvalue weighted by molar-refractivity contribution is 6.41. The predicted octanol–water partition coefficient (Wildman–Crippen LogP) is 1.12. The molecule has 7 heteroatoms. The van der Waals surface area contributed by atoms with Gasteiger partial charge in [-0.05, 0) is 0 Å². The molecule has 0 aliphatic carbocycles. The zero-order valence-electron chi connectivity index (χ0n) is 9.94. The molecule has 6 nitrogen and oxygen atoms in total. The molecular formula is C11H11FO6. The average molecular weight is 258 g/mol. The molecule has 0 heterocycles. The van der Waals surface area contributed by atoms with Crippen molar-refractivity contribution in [3.05, 3.63) is 17.4 Å². The Hall–Kier alpha value is -2.31. The number of hydrogen-bond acceptors (Lipinski definition) is 5. The zero-order chi connectivity index (χ0) is 13.9. The van der Waals surface area contributed by atoms with Crippen LogP contribution in [0.1, 0.15) is 10.4 Å². The summed E-state index contributed by atoms with van der Waals surface area (Å²) in [5.41, 5.74) is -0.524. The topological polar surface area (TPSA) is 82.1 Å². The van der Waals surface area contributed by atoms with Gasteiger partial charge in [0.15, 0.2) is 23.1 Å². The third-order valence-electron chi connectivity index (χ3n) is 2.20. The molecule has 0 saturated carbocycles. The Labute approximate surface area is 102 Å². The highest BCUT2D eigenvalue weighted by Gasteiger charge is 2.29. The fourth-order valence-electron chi connectivity index (χ4n) is 1.46. The maximum atomic E-state index is 13.6. The molecule has 98 valence electrons. The number of carbonyl (C=O) groups excluding carboxylic acids is 1. The van der Waals surface area contributed by atoms with Crippen LogP contribution >= 0.6 is 0 Å². The van der Waals surface area contributed by atoms with E-state index >= 15 is 0 Å². The second-order valence-electron chi connectivity index (χ2n) is 3.14. The molecule has 0 unspecified atom stereocenters. The molecule has 1 rings (SSSR count). The van der Waals surface area contributed by atoms with Crippen LogP contribution < -0.4 is 14.2 Å². The number of aliphatic carboxylic acids is 1. The number of Topliss-reactive ketones (excluding diaryl/α,β-unsaturated/α-hetero) is 1. The Kier molecular flexibility index (Phi) is 4.09. The molecule has 0 aromatic heterocycles. The summed E-state index contributed by atoms with van der Waals surface area (Å²) < 4.78 is 28.0. The monoisotopic (exact) mass is 258 g/mol. The summed E-state index contributed by atoms with van der Waals surface area (Å²) in [4.78, 5) is 22.3. The van der Waals surface area contributed by atoms with E-state index in [4.69, 9.17) is 19.3 Å². The van der Waals surface area contributed by atoms with E-state index < -0.39 is 28.9 Å². The number of carbonyl (C=O) groups is 2. The highest BCUT2D eigenvalue weighted by Crippen LogP contribution is 2.39. The third kappa shape index (κ3) is 2.20. The normalized spacial score (nSPS) is 9.78. The summed E-state index contributed by atoms with van der Waals surface area (Å²) in [7, 11) is 3.55. The number of carboxylic acid groups (broad SMARTS) is 1. The third-order valence-corrected chi connectivity index (χ3v) is 2.20. The highest BCUT2D eigenvalue weighted by atomic mass is 19.1. The number of halogens is 1. The summed E-state index contributed by atoms with van der Waals surface area (Å²) in [5.74, 6) is -4.80. The Balaban J connectivity index is 3.65. The van der Waals surface area contributed by atoms with Gasteiger partial charge in [0, 0.05) is 6.07 Å². The average Bonchev–Trinajstić information content (AvgIpc) is 2.36. The van der Waals surface area contributed by atoms with E-state index in [1.54, 1.807) is 0 Å². The lowest BCUT2D eigenvalue weighted by atomic mass is 10.1. The van der Waals surface area contributed by atoms with Gasteiger partial charge >= 0.3 is 5.97 Å². The van der Waals surface area contributed by atoms with E-state index in [9.17, 15) is 14.0 Å². The van der Waals surface area contributed by atoms with Gasteiger partial charge in [0.2, 0.25) is 0 Å². The van der Waals surface area contributed by atoms with Crippen LogP contribution in [0.2, 0.25) is 0 Å². The van der Waals surface area contributed by atoms with Crippen LogP contribution in [0.15, 0.2) is 6.07 Å². The molecule has 0 amide bonds. The molecule has 0 atom stereocenters. The van der Waals surface area contributed by atoms with Crippen molar-refractivity contribution in [1.82, 2.24) is 0 Å². The molecular weight excluding hydrogens is 247 g/mol.